The van der Waals surface area contributed by atoms with Crippen molar-refractivity contribution < 1.29 is 4.42 Å². The summed E-state index contributed by atoms with van der Waals surface area (Å²) in [5.41, 5.74) is 3.40. The Hall–Kier alpha value is -2.25. The molecule has 7 heteroatoms. The first-order chi connectivity index (χ1) is 13.5. The topological polar surface area (TPSA) is 64.7 Å². The van der Waals surface area contributed by atoms with Crippen molar-refractivity contribution in [3.8, 4) is 11.5 Å². The van der Waals surface area contributed by atoms with Crippen LogP contribution < -0.4 is 0 Å². The molecule has 0 amide bonds. The van der Waals surface area contributed by atoms with Gasteiger partial charge in [0.15, 0.2) is 0 Å². The van der Waals surface area contributed by atoms with Gasteiger partial charge >= 0.3 is 0 Å². The number of nitrogens with zero attached hydrogens (tertiary/aromatic N) is 4. The number of benzene rings is 1. The van der Waals surface area contributed by atoms with Crippen molar-refractivity contribution in [2.45, 2.75) is 51.3 Å². The number of hydrogen-bond acceptors (Lipinski definition) is 7. The largest absolute Gasteiger partial charge is 0.420 e. The maximum atomic E-state index is 5.87. The van der Waals surface area contributed by atoms with E-state index in [2.05, 4.69) is 37.9 Å². The van der Waals surface area contributed by atoms with Crippen LogP contribution in [-0.2, 0) is 12.2 Å². The summed E-state index contributed by atoms with van der Waals surface area (Å²) in [6.45, 7) is 8.49. The minimum absolute atomic E-state index is 0.553. The predicted molar refractivity (Wildman–Crippen MR) is 115 cm³/mol. The molecule has 4 rings (SSSR count). The molecule has 0 saturated carbocycles. The van der Waals surface area contributed by atoms with Crippen molar-refractivity contribution in [3.05, 3.63) is 52.0 Å². The highest BCUT2D eigenvalue weighted by Gasteiger charge is 2.16. The summed E-state index contributed by atoms with van der Waals surface area (Å²) in [5, 5.41) is 10.6. The van der Waals surface area contributed by atoms with Gasteiger partial charge in [0.2, 0.25) is 11.8 Å². The van der Waals surface area contributed by atoms with E-state index in [9.17, 15) is 0 Å². The predicted octanol–water partition coefficient (Wildman–Crippen LogP) is 5.91. The van der Waals surface area contributed by atoms with Crippen LogP contribution in [0.25, 0.3) is 21.7 Å². The van der Waals surface area contributed by atoms with E-state index in [-0.39, 0.29) is 0 Å². The molecule has 0 spiro atoms. The van der Waals surface area contributed by atoms with Crippen molar-refractivity contribution in [2.75, 3.05) is 0 Å². The van der Waals surface area contributed by atoms with Gasteiger partial charge in [-0.1, -0.05) is 36.4 Å². The Balaban J connectivity index is 1.59. The van der Waals surface area contributed by atoms with E-state index < -0.39 is 0 Å². The number of hydrogen-bond donors (Lipinski definition) is 0. The SMILES string of the molecule is CCCc1nc(SCc2nnc(-c3ccc(C)cc3)o2)c2c(C)c(C)sc2n1. The smallest absolute Gasteiger partial charge is 0.247 e. The van der Waals surface area contributed by atoms with Gasteiger partial charge in [-0.15, -0.1) is 21.5 Å². The number of thiophene rings is 1. The molecule has 0 atom stereocenters. The third-order valence-corrected chi connectivity index (χ3v) is 6.67. The molecule has 4 aromatic rings. The molecular weight excluding hydrogens is 388 g/mol. The number of aromatic nitrogens is 4. The molecule has 0 radical (unpaired) electrons. The first-order valence-corrected chi connectivity index (χ1v) is 11.1. The fourth-order valence-corrected chi connectivity index (χ4v) is 5.00. The second-order valence-corrected chi connectivity index (χ2v) is 8.98. The molecule has 0 saturated heterocycles. The van der Waals surface area contributed by atoms with Gasteiger partial charge < -0.3 is 4.42 Å². The molecule has 0 aliphatic heterocycles. The van der Waals surface area contributed by atoms with Gasteiger partial charge in [-0.3, -0.25) is 0 Å². The van der Waals surface area contributed by atoms with Gasteiger partial charge in [0.25, 0.3) is 0 Å². The summed E-state index contributed by atoms with van der Waals surface area (Å²) >= 11 is 3.38. The molecule has 0 bridgehead atoms. The van der Waals surface area contributed by atoms with Crippen LogP contribution in [0.3, 0.4) is 0 Å². The van der Waals surface area contributed by atoms with Crippen LogP contribution in [0, 0.1) is 20.8 Å². The summed E-state index contributed by atoms with van der Waals surface area (Å²) < 4.78 is 5.87. The number of rotatable bonds is 6. The third-order valence-electron chi connectivity index (χ3n) is 4.61. The van der Waals surface area contributed by atoms with Gasteiger partial charge in [0.1, 0.15) is 15.7 Å². The second-order valence-electron chi connectivity index (χ2n) is 6.81. The van der Waals surface area contributed by atoms with Gasteiger partial charge in [-0.05, 0) is 44.9 Å². The van der Waals surface area contributed by atoms with Crippen LogP contribution in [0.15, 0.2) is 33.7 Å². The number of fused-ring (bicyclic) bond motifs is 1. The summed E-state index contributed by atoms with van der Waals surface area (Å²) in [6.07, 6.45) is 1.92. The molecule has 3 aromatic heterocycles. The van der Waals surface area contributed by atoms with E-state index >= 15 is 0 Å². The highest BCUT2D eigenvalue weighted by atomic mass is 32.2. The molecule has 5 nitrogen and oxygen atoms in total. The maximum absolute atomic E-state index is 5.87. The van der Waals surface area contributed by atoms with E-state index in [1.807, 2.05) is 24.3 Å². The van der Waals surface area contributed by atoms with Gasteiger partial charge in [-0.2, -0.15) is 0 Å². The molecule has 3 heterocycles. The van der Waals surface area contributed by atoms with Gasteiger partial charge in [0, 0.05) is 22.2 Å². The molecule has 28 heavy (non-hydrogen) atoms. The number of aryl methyl sites for hydroxylation is 4. The second kappa shape index (κ2) is 8.01. The molecule has 0 aliphatic rings. The standard InChI is InChI=1S/C21H22N4OS2/c1-5-6-16-22-20(18-13(3)14(4)28-21(18)23-16)27-11-17-24-25-19(26-17)15-9-7-12(2)8-10-15/h7-10H,5-6,11H2,1-4H3. The number of thioether (sulfide) groups is 1. The summed E-state index contributed by atoms with van der Waals surface area (Å²) in [5.74, 6) is 2.65. The highest BCUT2D eigenvalue weighted by molar-refractivity contribution is 7.98. The molecule has 144 valence electrons. The van der Waals surface area contributed by atoms with E-state index in [1.54, 1.807) is 23.1 Å². The van der Waals surface area contributed by atoms with Crippen molar-refractivity contribution in [2.24, 2.45) is 0 Å². The fraction of sp³-hybridized carbons (Fsp3) is 0.333. The molecule has 0 fully saturated rings. The lowest BCUT2D eigenvalue weighted by Gasteiger charge is -2.05. The first kappa shape index (κ1) is 19.1. The molecular formula is C21H22N4OS2. The average molecular weight is 411 g/mol. The highest BCUT2D eigenvalue weighted by Crippen LogP contribution is 2.36. The van der Waals surface area contributed by atoms with E-state index in [1.165, 1.54) is 16.0 Å². The van der Waals surface area contributed by atoms with Crippen molar-refractivity contribution >= 4 is 33.3 Å². The van der Waals surface area contributed by atoms with Gasteiger partial charge in [0.05, 0.1) is 5.75 Å². The lowest BCUT2D eigenvalue weighted by Crippen LogP contribution is -1.97. The van der Waals surface area contributed by atoms with Gasteiger partial charge in [-0.25, -0.2) is 9.97 Å². The van der Waals surface area contributed by atoms with Crippen LogP contribution in [-0.4, -0.2) is 20.2 Å². The Morgan fingerprint density at radius 2 is 1.82 bits per heavy atom. The molecule has 0 N–H and O–H groups in total. The molecule has 0 aliphatic carbocycles. The Bertz CT molecular complexity index is 1120. The summed E-state index contributed by atoms with van der Waals surface area (Å²) in [6, 6.07) is 8.09. The van der Waals surface area contributed by atoms with E-state index in [0.29, 0.717) is 17.5 Å². The quantitative estimate of drug-likeness (QED) is 0.291. The normalized spacial score (nSPS) is 11.4. The Morgan fingerprint density at radius 1 is 1.04 bits per heavy atom. The van der Waals surface area contributed by atoms with Crippen LogP contribution >= 0.6 is 23.1 Å². The molecule has 1 aromatic carbocycles. The fourth-order valence-electron chi connectivity index (χ4n) is 2.95. The summed E-state index contributed by atoms with van der Waals surface area (Å²) in [7, 11) is 0. The minimum Gasteiger partial charge on any atom is -0.420 e. The van der Waals surface area contributed by atoms with E-state index in [4.69, 9.17) is 14.4 Å². The van der Waals surface area contributed by atoms with Crippen molar-refractivity contribution in [1.82, 2.24) is 20.2 Å². The third kappa shape index (κ3) is 3.82. The zero-order valence-electron chi connectivity index (χ0n) is 16.4. The first-order valence-electron chi connectivity index (χ1n) is 9.34. The minimum atomic E-state index is 0.553. The maximum Gasteiger partial charge on any atom is 0.247 e. The average Bonchev–Trinajstić information content (AvgIpc) is 3.26. The molecule has 0 unspecified atom stereocenters. The Morgan fingerprint density at radius 3 is 2.57 bits per heavy atom. The summed E-state index contributed by atoms with van der Waals surface area (Å²) in [4.78, 5) is 11.9. The van der Waals surface area contributed by atoms with Crippen LogP contribution in [0.1, 0.15) is 41.1 Å². The Labute approximate surface area is 172 Å². The van der Waals surface area contributed by atoms with Crippen LogP contribution in [0.2, 0.25) is 0 Å². The zero-order valence-corrected chi connectivity index (χ0v) is 18.1. The van der Waals surface area contributed by atoms with Crippen molar-refractivity contribution in [3.63, 3.8) is 0 Å². The van der Waals surface area contributed by atoms with Crippen LogP contribution in [0.4, 0.5) is 0 Å². The van der Waals surface area contributed by atoms with E-state index in [0.717, 1.165) is 39.5 Å². The monoisotopic (exact) mass is 410 g/mol. The van der Waals surface area contributed by atoms with Crippen LogP contribution in [0.5, 0.6) is 0 Å². The Kier molecular flexibility index (Phi) is 5.46. The lowest BCUT2D eigenvalue weighted by molar-refractivity contribution is 0.528. The van der Waals surface area contributed by atoms with Crippen molar-refractivity contribution in [1.29, 1.82) is 0 Å². The lowest BCUT2D eigenvalue weighted by atomic mass is 10.1. The zero-order chi connectivity index (χ0) is 19.7.